The predicted molar refractivity (Wildman–Crippen MR) is 52.0 cm³/mol. The molecule has 1 amide bonds. The first-order valence-corrected chi connectivity index (χ1v) is 4.49. The molecule has 0 aliphatic rings. The van der Waals surface area contributed by atoms with Crippen molar-refractivity contribution in [2.24, 2.45) is 5.41 Å². The molecule has 4 heteroatoms. The van der Waals surface area contributed by atoms with Gasteiger partial charge in [0.15, 0.2) is 0 Å². The summed E-state index contributed by atoms with van der Waals surface area (Å²) in [5.41, 5.74) is -0.349. The van der Waals surface area contributed by atoms with Crippen molar-refractivity contribution in [3.05, 3.63) is 0 Å². The van der Waals surface area contributed by atoms with Gasteiger partial charge in [-0.1, -0.05) is 26.7 Å². The first-order valence-electron chi connectivity index (χ1n) is 4.04. The Balaban J connectivity index is 4.13. The summed E-state index contributed by atoms with van der Waals surface area (Å²) in [7, 11) is 1.63. The zero-order chi connectivity index (χ0) is 9.61. The Hall–Kier alpha value is -0.220. The number of nitrogens with one attached hydrogen (secondary N) is 1. The summed E-state index contributed by atoms with van der Waals surface area (Å²) < 4.78 is 7.29. The van der Waals surface area contributed by atoms with Gasteiger partial charge in [-0.15, -0.1) is 0 Å². The lowest BCUT2D eigenvalue weighted by Crippen LogP contribution is -2.35. The maximum absolute atomic E-state index is 11.3. The van der Waals surface area contributed by atoms with Crippen LogP contribution in [0.3, 0.4) is 0 Å². The van der Waals surface area contributed by atoms with Gasteiger partial charge in [-0.05, 0) is 12.8 Å². The molecule has 1 atom stereocenters. The lowest BCUT2D eigenvalue weighted by atomic mass is 9.84. The fourth-order valence-electron chi connectivity index (χ4n) is 0.913. The minimum Gasteiger partial charge on any atom is -0.385 e. The number of carbonyl (C=O) groups is 1. The molecule has 0 spiro atoms. The molecule has 0 aliphatic heterocycles. The van der Waals surface area contributed by atoms with Crippen molar-refractivity contribution in [2.75, 3.05) is 13.7 Å². The van der Waals surface area contributed by atoms with Gasteiger partial charge in [-0.2, -0.15) is 0 Å². The Morgan fingerprint density at radius 2 is 2.25 bits per heavy atom. The molecule has 0 saturated carbocycles. The Bertz CT molecular complexity index is 152. The average molecular weight is 191 g/mol. The molecule has 0 heterocycles. The second-order valence-electron chi connectivity index (χ2n) is 3.10. The molecule has 3 nitrogen and oxygen atoms in total. The largest absolute Gasteiger partial charge is 0.385 e. The van der Waals surface area contributed by atoms with Gasteiger partial charge in [0.05, 0.1) is 0 Å². The van der Waals surface area contributed by atoms with Crippen LogP contribution >= 0.6 is 12.8 Å². The third kappa shape index (κ3) is 3.03. The number of ether oxygens (including phenoxy) is 1. The van der Waals surface area contributed by atoms with E-state index in [1.807, 2.05) is 13.8 Å². The van der Waals surface area contributed by atoms with E-state index in [9.17, 15) is 4.79 Å². The molecule has 0 aromatic rings. The van der Waals surface area contributed by atoms with Crippen LogP contribution in [0.25, 0.3) is 0 Å². The van der Waals surface area contributed by atoms with Crippen molar-refractivity contribution in [1.82, 2.24) is 4.72 Å². The first-order chi connectivity index (χ1) is 5.60. The smallest absolute Gasteiger partial charge is 0.235 e. The highest BCUT2D eigenvalue weighted by atomic mass is 32.1. The summed E-state index contributed by atoms with van der Waals surface area (Å²) in [6, 6.07) is 0. The van der Waals surface area contributed by atoms with Crippen LogP contribution in [0.4, 0.5) is 0 Å². The summed E-state index contributed by atoms with van der Waals surface area (Å²) >= 11 is 3.74. The molecule has 0 bridgehead atoms. The Labute approximate surface area is 79.4 Å². The number of methoxy groups -OCH3 is 1. The van der Waals surface area contributed by atoms with Gasteiger partial charge in [-0.25, -0.2) is 0 Å². The minimum atomic E-state index is -0.349. The van der Waals surface area contributed by atoms with E-state index in [4.69, 9.17) is 4.74 Å². The second-order valence-corrected chi connectivity index (χ2v) is 3.32. The van der Waals surface area contributed by atoms with Crippen LogP contribution in [0, 0.1) is 5.41 Å². The molecule has 1 N–H and O–H groups in total. The SMILES string of the molecule is CCC(C)(CCOC)C(=O)NS. The molecular weight excluding hydrogens is 174 g/mol. The highest BCUT2D eigenvalue weighted by molar-refractivity contribution is 7.78. The first kappa shape index (κ1) is 11.8. The minimum absolute atomic E-state index is 0.0367. The zero-order valence-electron chi connectivity index (χ0n) is 7.89. The molecule has 12 heavy (non-hydrogen) atoms. The predicted octanol–water partition coefficient (Wildman–Crippen LogP) is 1.40. The van der Waals surface area contributed by atoms with Crippen LogP contribution in [0.5, 0.6) is 0 Å². The van der Waals surface area contributed by atoms with Crippen molar-refractivity contribution in [2.45, 2.75) is 26.7 Å². The topological polar surface area (TPSA) is 38.3 Å². The molecule has 0 aromatic heterocycles. The van der Waals surface area contributed by atoms with Crippen LogP contribution in [0.2, 0.25) is 0 Å². The van der Waals surface area contributed by atoms with Gasteiger partial charge in [0.2, 0.25) is 5.91 Å². The van der Waals surface area contributed by atoms with Crippen molar-refractivity contribution >= 4 is 18.7 Å². The van der Waals surface area contributed by atoms with E-state index in [2.05, 4.69) is 17.5 Å². The standard InChI is InChI=1S/C8H17NO2S/c1-4-8(2,5-6-11-3)7(10)9-12/h12H,4-6H2,1-3H3,(H,9,10). The van der Waals surface area contributed by atoms with E-state index in [1.54, 1.807) is 7.11 Å². The van der Waals surface area contributed by atoms with Gasteiger partial charge in [0, 0.05) is 19.1 Å². The maximum atomic E-state index is 11.3. The zero-order valence-corrected chi connectivity index (χ0v) is 8.78. The summed E-state index contributed by atoms with van der Waals surface area (Å²) in [4.78, 5) is 11.3. The van der Waals surface area contributed by atoms with Crippen LogP contribution in [-0.4, -0.2) is 19.6 Å². The Morgan fingerprint density at radius 1 is 1.67 bits per heavy atom. The van der Waals surface area contributed by atoms with E-state index < -0.39 is 0 Å². The number of amides is 1. The monoisotopic (exact) mass is 191 g/mol. The molecule has 0 fully saturated rings. The third-order valence-electron chi connectivity index (χ3n) is 2.29. The number of thiol groups is 1. The molecular formula is C8H17NO2S. The molecule has 0 rings (SSSR count). The number of hydrogen-bond acceptors (Lipinski definition) is 3. The van der Waals surface area contributed by atoms with Gasteiger partial charge in [0.1, 0.15) is 0 Å². The van der Waals surface area contributed by atoms with Gasteiger partial charge in [-0.3, -0.25) is 4.79 Å². The quantitative estimate of drug-likeness (QED) is 0.645. The molecule has 72 valence electrons. The second kappa shape index (κ2) is 5.43. The summed E-state index contributed by atoms with van der Waals surface area (Å²) in [6.45, 7) is 4.50. The van der Waals surface area contributed by atoms with Gasteiger partial charge in [0.25, 0.3) is 0 Å². The average Bonchev–Trinajstić information content (AvgIpc) is 2.12. The van der Waals surface area contributed by atoms with E-state index in [1.165, 1.54) is 0 Å². The number of hydrogen-bond donors (Lipinski definition) is 2. The Morgan fingerprint density at radius 3 is 2.58 bits per heavy atom. The van der Waals surface area contributed by atoms with E-state index in [0.29, 0.717) is 6.61 Å². The van der Waals surface area contributed by atoms with E-state index >= 15 is 0 Å². The van der Waals surface area contributed by atoms with E-state index in [-0.39, 0.29) is 11.3 Å². The van der Waals surface area contributed by atoms with Crippen LogP contribution in [0.1, 0.15) is 26.7 Å². The molecule has 1 unspecified atom stereocenters. The third-order valence-corrected chi connectivity index (χ3v) is 2.49. The van der Waals surface area contributed by atoms with Gasteiger partial charge >= 0.3 is 0 Å². The lowest BCUT2D eigenvalue weighted by molar-refractivity contribution is -0.129. The number of rotatable bonds is 5. The molecule has 0 aromatic carbocycles. The van der Waals surface area contributed by atoms with Crippen molar-refractivity contribution in [3.8, 4) is 0 Å². The molecule has 0 radical (unpaired) electrons. The molecule has 0 saturated heterocycles. The fraction of sp³-hybridized carbons (Fsp3) is 0.875. The van der Waals surface area contributed by atoms with Crippen molar-refractivity contribution < 1.29 is 9.53 Å². The normalized spacial score (nSPS) is 15.3. The van der Waals surface area contributed by atoms with Crippen molar-refractivity contribution in [1.29, 1.82) is 0 Å². The highest BCUT2D eigenvalue weighted by Gasteiger charge is 2.29. The maximum Gasteiger partial charge on any atom is 0.235 e. The van der Waals surface area contributed by atoms with Crippen LogP contribution in [-0.2, 0) is 9.53 Å². The molecule has 0 aliphatic carbocycles. The van der Waals surface area contributed by atoms with Crippen LogP contribution in [0.15, 0.2) is 0 Å². The lowest BCUT2D eigenvalue weighted by Gasteiger charge is -2.24. The summed E-state index contributed by atoms with van der Waals surface area (Å²) in [5, 5.41) is 0. The summed E-state index contributed by atoms with van der Waals surface area (Å²) in [5.74, 6) is -0.0367. The van der Waals surface area contributed by atoms with Gasteiger partial charge < -0.3 is 9.46 Å². The fourth-order valence-corrected chi connectivity index (χ4v) is 1.18. The van der Waals surface area contributed by atoms with Crippen LogP contribution < -0.4 is 4.72 Å². The summed E-state index contributed by atoms with van der Waals surface area (Å²) in [6.07, 6.45) is 1.52. The highest BCUT2D eigenvalue weighted by Crippen LogP contribution is 2.25. The van der Waals surface area contributed by atoms with E-state index in [0.717, 1.165) is 12.8 Å². The van der Waals surface area contributed by atoms with Crippen molar-refractivity contribution in [3.63, 3.8) is 0 Å². The number of carbonyl (C=O) groups excluding carboxylic acids is 1. The Kier molecular flexibility index (Phi) is 5.33.